The average Bonchev–Trinajstić information content (AvgIpc) is 2.45. The molecule has 0 heterocycles. The number of halogens is 1. The molecule has 0 fully saturated rings. The third-order valence-electron chi connectivity index (χ3n) is 3.31. The van der Waals surface area contributed by atoms with Crippen molar-refractivity contribution >= 4 is 37.5 Å². The monoisotopic (exact) mass is 316 g/mol. The molecule has 0 bridgehead atoms. The first-order chi connectivity index (χ1) is 9.26. The van der Waals surface area contributed by atoms with E-state index in [0.29, 0.717) is 0 Å². The van der Waals surface area contributed by atoms with Gasteiger partial charge in [-0.2, -0.15) is 0 Å². The SMILES string of the molecule is COc1cccc2cc3cccc(OC)c3c(Br)c12. The molecule has 3 aromatic carbocycles. The van der Waals surface area contributed by atoms with Crippen molar-refractivity contribution in [2.24, 2.45) is 0 Å². The van der Waals surface area contributed by atoms with Crippen LogP contribution in [-0.4, -0.2) is 14.2 Å². The van der Waals surface area contributed by atoms with Crippen LogP contribution in [0.25, 0.3) is 21.5 Å². The predicted molar refractivity (Wildman–Crippen MR) is 82.3 cm³/mol. The Labute approximate surface area is 120 Å². The van der Waals surface area contributed by atoms with Crippen molar-refractivity contribution in [1.82, 2.24) is 0 Å². The second-order valence-corrected chi connectivity index (χ2v) is 5.10. The van der Waals surface area contributed by atoms with Crippen molar-refractivity contribution in [1.29, 1.82) is 0 Å². The minimum absolute atomic E-state index is 0.859. The van der Waals surface area contributed by atoms with Crippen LogP contribution in [0.1, 0.15) is 0 Å². The van der Waals surface area contributed by atoms with Gasteiger partial charge in [0.1, 0.15) is 11.5 Å². The molecule has 0 N–H and O–H groups in total. The fourth-order valence-corrected chi connectivity index (χ4v) is 3.29. The van der Waals surface area contributed by atoms with Crippen LogP contribution < -0.4 is 9.47 Å². The molecule has 0 saturated carbocycles. The van der Waals surface area contributed by atoms with E-state index in [9.17, 15) is 0 Å². The van der Waals surface area contributed by atoms with Gasteiger partial charge in [-0.05, 0) is 44.9 Å². The highest BCUT2D eigenvalue weighted by Gasteiger charge is 2.12. The molecule has 0 aliphatic heterocycles. The smallest absolute Gasteiger partial charge is 0.127 e. The van der Waals surface area contributed by atoms with Crippen LogP contribution in [0.15, 0.2) is 46.9 Å². The Morgan fingerprint density at radius 1 is 0.789 bits per heavy atom. The first-order valence-electron chi connectivity index (χ1n) is 5.98. The molecule has 0 atom stereocenters. The lowest BCUT2D eigenvalue weighted by atomic mass is 10.0. The van der Waals surface area contributed by atoms with E-state index in [4.69, 9.17) is 9.47 Å². The maximum atomic E-state index is 5.46. The summed E-state index contributed by atoms with van der Waals surface area (Å²) < 4.78 is 11.9. The zero-order chi connectivity index (χ0) is 13.4. The van der Waals surface area contributed by atoms with E-state index < -0.39 is 0 Å². The number of benzene rings is 3. The second-order valence-electron chi connectivity index (χ2n) is 4.31. The molecule has 0 unspecified atom stereocenters. The molecule has 0 spiro atoms. The van der Waals surface area contributed by atoms with Crippen LogP contribution in [0.3, 0.4) is 0 Å². The molecule has 3 rings (SSSR count). The Hall–Kier alpha value is -1.74. The van der Waals surface area contributed by atoms with E-state index >= 15 is 0 Å². The number of ether oxygens (including phenoxy) is 2. The van der Waals surface area contributed by atoms with Crippen molar-refractivity contribution in [3.05, 3.63) is 46.9 Å². The molecule has 3 aromatic rings. The lowest BCUT2D eigenvalue weighted by Gasteiger charge is -2.12. The van der Waals surface area contributed by atoms with E-state index in [2.05, 4.69) is 34.1 Å². The van der Waals surface area contributed by atoms with Gasteiger partial charge in [-0.3, -0.25) is 0 Å². The van der Waals surface area contributed by atoms with Crippen molar-refractivity contribution in [2.75, 3.05) is 14.2 Å². The maximum absolute atomic E-state index is 5.46. The average molecular weight is 317 g/mol. The molecule has 19 heavy (non-hydrogen) atoms. The molecule has 2 nitrogen and oxygen atoms in total. The van der Waals surface area contributed by atoms with Crippen molar-refractivity contribution in [3.63, 3.8) is 0 Å². The summed E-state index contributed by atoms with van der Waals surface area (Å²) in [6.07, 6.45) is 0. The van der Waals surface area contributed by atoms with Gasteiger partial charge in [0.15, 0.2) is 0 Å². The molecule has 0 aliphatic rings. The van der Waals surface area contributed by atoms with Crippen molar-refractivity contribution < 1.29 is 9.47 Å². The van der Waals surface area contributed by atoms with Crippen LogP contribution in [0.4, 0.5) is 0 Å². The highest BCUT2D eigenvalue weighted by Crippen LogP contribution is 2.41. The van der Waals surface area contributed by atoms with Crippen LogP contribution in [-0.2, 0) is 0 Å². The highest BCUT2D eigenvalue weighted by atomic mass is 79.9. The number of methoxy groups -OCH3 is 2. The Balaban J connectivity index is 2.54. The summed E-state index contributed by atoms with van der Waals surface area (Å²) in [5.41, 5.74) is 0. The Bertz CT molecular complexity index is 703. The van der Waals surface area contributed by atoms with Crippen molar-refractivity contribution in [2.45, 2.75) is 0 Å². The third-order valence-corrected chi connectivity index (χ3v) is 4.10. The van der Waals surface area contributed by atoms with Gasteiger partial charge in [0, 0.05) is 15.2 Å². The van der Waals surface area contributed by atoms with Gasteiger partial charge in [-0.15, -0.1) is 0 Å². The molecule has 0 aliphatic carbocycles. The third kappa shape index (κ3) is 1.85. The summed E-state index contributed by atoms with van der Waals surface area (Å²) in [5, 5.41) is 4.43. The quantitative estimate of drug-likeness (QED) is 0.634. The minimum atomic E-state index is 0.859. The molecule has 0 aromatic heterocycles. The summed E-state index contributed by atoms with van der Waals surface area (Å²) in [7, 11) is 3.38. The van der Waals surface area contributed by atoms with E-state index in [0.717, 1.165) is 37.5 Å². The van der Waals surface area contributed by atoms with Crippen LogP contribution >= 0.6 is 15.9 Å². The topological polar surface area (TPSA) is 18.5 Å². The predicted octanol–water partition coefficient (Wildman–Crippen LogP) is 4.77. The summed E-state index contributed by atoms with van der Waals surface area (Å²) >= 11 is 3.71. The molecule has 3 heteroatoms. The van der Waals surface area contributed by atoms with Gasteiger partial charge in [-0.1, -0.05) is 24.3 Å². The fraction of sp³-hybridized carbons (Fsp3) is 0.125. The van der Waals surface area contributed by atoms with Gasteiger partial charge in [0.2, 0.25) is 0 Å². The number of fused-ring (bicyclic) bond motifs is 2. The fourth-order valence-electron chi connectivity index (χ4n) is 2.44. The Kier molecular flexibility index (Phi) is 3.07. The Morgan fingerprint density at radius 3 is 1.68 bits per heavy atom. The summed E-state index contributed by atoms with van der Waals surface area (Å²) in [4.78, 5) is 0. The maximum Gasteiger partial charge on any atom is 0.127 e. The van der Waals surface area contributed by atoms with E-state index in [1.54, 1.807) is 14.2 Å². The minimum Gasteiger partial charge on any atom is -0.496 e. The summed E-state index contributed by atoms with van der Waals surface area (Å²) in [6.45, 7) is 0. The number of hydrogen-bond donors (Lipinski definition) is 0. The molecular formula is C16H13BrO2. The lowest BCUT2D eigenvalue weighted by Crippen LogP contribution is -1.89. The van der Waals surface area contributed by atoms with Crippen LogP contribution in [0.2, 0.25) is 0 Å². The molecule has 0 radical (unpaired) electrons. The van der Waals surface area contributed by atoms with E-state index in [1.807, 2.05) is 24.3 Å². The van der Waals surface area contributed by atoms with E-state index in [1.165, 1.54) is 0 Å². The summed E-state index contributed by atoms with van der Waals surface area (Å²) in [6, 6.07) is 14.3. The molecule has 96 valence electrons. The largest absolute Gasteiger partial charge is 0.496 e. The second kappa shape index (κ2) is 4.74. The van der Waals surface area contributed by atoms with Crippen LogP contribution in [0.5, 0.6) is 11.5 Å². The van der Waals surface area contributed by atoms with Gasteiger partial charge in [0.25, 0.3) is 0 Å². The lowest BCUT2D eigenvalue weighted by molar-refractivity contribution is 0.418. The molecule has 0 saturated heterocycles. The van der Waals surface area contributed by atoms with Gasteiger partial charge in [-0.25, -0.2) is 0 Å². The van der Waals surface area contributed by atoms with Gasteiger partial charge in [0.05, 0.1) is 14.2 Å². The normalized spacial score (nSPS) is 10.9. The standard InChI is InChI=1S/C16H13BrO2/c1-18-12-7-3-5-10-9-11-6-4-8-13(19-2)15(11)16(17)14(10)12/h3-9H,1-2H3. The molecule has 0 amide bonds. The zero-order valence-electron chi connectivity index (χ0n) is 10.7. The van der Waals surface area contributed by atoms with Crippen LogP contribution in [0, 0.1) is 0 Å². The Morgan fingerprint density at radius 2 is 1.26 bits per heavy atom. The zero-order valence-corrected chi connectivity index (χ0v) is 12.3. The van der Waals surface area contributed by atoms with E-state index in [-0.39, 0.29) is 0 Å². The highest BCUT2D eigenvalue weighted by molar-refractivity contribution is 9.10. The molecular weight excluding hydrogens is 304 g/mol. The summed E-state index contributed by atoms with van der Waals surface area (Å²) in [5.74, 6) is 1.72. The number of rotatable bonds is 2. The first-order valence-corrected chi connectivity index (χ1v) is 6.77. The van der Waals surface area contributed by atoms with Gasteiger partial charge >= 0.3 is 0 Å². The van der Waals surface area contributed by atoms with Crippen molar-refractivity contribution in [3.8, 4) is 11.5 Å². The first kappa shape index (κ1) is 12.3. The number of hydrogen-bond acceptors (Lipinski definition) is 2. The van der Waals surface area contributed by atoms with Gasteiger partial charge < -0.3 is 9.47 Å².